The molecule has 0 heterocycles. The van der Waals surface area contributed by atoms with Gasteiger partial charge in [-0.3, -0.25) is 19.2 Å². The van der Waals surface area contributed by atoms with Crippen LogP contribution in [0.4, 0.5) is 0 Å². The van der Waals surface area contributed by atoms with Crippen molar-refractivity contribution in [2.75, 3.05) is 0 Å². The van der Waals surface area contributed by atoms with Gasteiger partial charge in [0.15, 0.2) is 0 Å². The maximum atomic E-state index is 13.6. The molecule has 1 N–H and O–H groups in total. The lowest BCUT2D eigenvalue weighted by Gasteiger charge is -2.58. The number of rotatable bonds is 4. The molecule has 0 saturated heterocycles. The van der Waals surface area contributed by atoms with Crippen LogP contribution in [-0.4, -0.2) is 28.4 Å². The second-order valence-corrected chi connectivity index (χ2v) is 10.9. The standard InChI is InChI=1S/C24H34O5/c1-13(4-7-21(28)29)16-5-6-17-22-18(12-20(27)24(16,17)3)23(2)9-8-15(25)10-14(23)11-19(22)26/h13-14,16-18,22H,4-12H2,1-3H3,(H,28,29)/t13?,14?,16?,17?,18?,22?,23-,24-/m1/s1. The molecule has 160 valence electrons. The topological polar surface area (TPSA) is 88.5 Å². The van der Waals surface area contributed by atoms with Gasteiger partial charge in [0.05, 0.1) is 0 Å². The number of hydrogen-bond acceptors (Lipinski definition) is 4. The molecule has 0 aliphatic heterocycles. The summed E-state index contributed by atoms with van der Waals surface area (Å²) in [6, 6.07) is 0. The SMILES string of the molecule is CC(CCC(=O)O)C1CCC2C3C(=O)CC4CC(=O)CC[C@@]4(C)C3CC(=O)[C@]12C. The lowest BCUT2D eigenvalue weighted by Crippen LogP contribution is -2.60. The minimum atomic E-state index is -0.792. The van der Waals surface area contributed by atoms with Crippen LogP contribution in [0.1, 0.15) is 78.6 Å². The van der Waals surface area contributed by atoms with Gasteiger partial charge in [-0.05, 0) is 60.7 Å². The highest BCUT2D eigenvalue weighted by Crippen LogP contribution is 2.66. The van der Waals surface area contributed by atoms with Crippen LogP contribution in [0.3, 0.4) is 0 Å². The second-order valence-electron chi connectivity index (χ2n) is 10.9. The van der Waals surface area contributed by atoms with Gasteiger partial charge >= 0.3 is 5.97 Å². The molecule has 0 aromatic rings. The summed E-state index contributed by atoms with van der Waals surface area (Å²) in [7, 11) is 0. The number of ketones is 3. The molecule has 0 aromatic carbocycles. The third-order valence-electron chi connectivity index (χ3n) is 9.72. The highest BCUT2D eigenvalue weighted by atomic mass is 16.4. The molecule has 4 rings (SSSR count). The molecule has 0 radical (unpaired) electrons. The molecule has 0 amide bonds. The van der Waals surface area contributed by atoms with Crippen LogP contribution >= 0.6 is 0 Å². The van der Waals surface area contributed by atoms with Gasteiger partial charge in [-0.2, -0.15) is 0 Å². The molecule has 6 unspecified atom stereocenters. The molecule has 4 aliphatic carbocycles. The van der Waals surface area contributed by atoms with Gasteiger partial charge in [0.2, 0.25) is 0 Å². The van der Waals surface area contributed by atoms with Crippen molar-refractivity contribution in [2.45, 2.75) is 78.6 Å². The van der Waals surface area contributed by atoms with Crippen molar-refractivity contribution in [1.29, 1.82) is 0 Å². The third-order valence-corrected chi connectivity index (χ3v) is 9.72. The molecule has 29 heavy (non-hydrogen) atoms. The zero-order valence-corrected chi connectivity index (χ0v) is 17.9. The number of carbonyl (C=O) groups excluding carboxylic acids is 3. The fourth-order valence-electron chi connectivity index (χ4n) is 7.94. The zero-order valence-electron chi connectivity index (χ0n) is 17.9. The van der Waals surface area contributed by atoms with Gasteiger partial charge in [-0.15, -0.1) is 0 Å². The van der Waals surface area contributed by atoms with Crippen molar-refractivity contribution in [3.8, 4) is 0 Å². The van der Waals surface area contributed by atoms with Crippen LogP contribution in [0.5, 0.6) is 0 Å². The molecular formula is C24H34O5. The van der Waals surface area contributed by atoms with Crippen molar-refractivity contribution in [1.82, 2.24) is 0 Å². The maximum absolute atomic E-state index is 13.6. The average Bonchev–Trinajstić information content (AvgIpc) is 3.01. The quantitative estimate of drug-likeness (QED) is 0.766. The smallest absolute Gasteiger partial charge is 0.303 e. The van der Waals surface area contributed by atoms with Crippen LogP contribution in [0, 0.1) is 46.3 Å². The minimum Gasteiger partial charge on any atom is -0.481 e. The highest BCUT2D eigenvalue weighted by Gasteiger charge is 2.66. The van der Waals surface area contributed by atoms with Gasteiger partial charge in [0, 0.05) is 43.4 Å². The molecule has 0 bridgehead atoms. The van der Waals surface area contributed by atoms with E-state index in [0.29, 0.717) is 32.1 Å². The first-order chi connectivity index (χ1) is 13.6. The van der Waals surface area contributed by atoms with Crippen LogP contribution in [-0.2, 0) is 19.2 Å². The van der Waals surface area contributed by atoms with Crippen LogP contribution in [0.15, 0.2) is 0 Å². The van der Waals surface area contributed by atoms with Gasteiger partial charge in [-0.25, -0.2) is 0 Å². The maximum Gasteiger partial charge on any atom is 0.303 e. The molecule has 5 heteroatoms. The molecule has 0 spiro atoms. The number of carbonyl (C=O) groups is 4. The third kappa shape index (κ3) is 3.02. The van der Waals surface area contributed by atoms with Crippen LogP contribution in [0.25, 0.3) is 0 Å². The monoisotopic (exact) mass is 402 g/mol. The summed E-state index contributed by atoms with van der Waals surface area (Å²) in [5, 5.41) is 9.06. The van der Waals surface area contributed by atoms with Crippen molar-refractivity contribution >= 4 is 23.3 Å². The summed E-state index contributed by atoms with van der Waals surface area (Å²) in [4.78, 5) is 50.0. The minimum absolute atomic E-state index is 0.0659. The Morgan fingerprint density at radius 2 is 1.83 bits per heavy atom. The van der Waals surface area contributed by atoms with E-state index in [1.165, 1.54) is 0 Å². The van der Waals surface area contributed by atoms with E-state index in [2.05, 4.69) is 20.8 Å². The molecule has 5 nitrogen and oxygen atoms in total. The van der Waals surface area contributed by atoms with Crippen LogP contribution < -0.4 is 0 Å². The van der Waals surface area contributed by atoms with Crippen molar-refractivity contribution in [3.05, 3.63) is 0 Å². The second kappa shape index (κ2) is 7.02. The van der Waals surface area contributed by atoms with E-state index in [4.69, 9.17) is 5.11 Å². The first kappa shape index (κ1) is 20.7. The molecule has 4 fully saturated rings. The molecule has 4 saturated carbocycles. The first-order valence-corrected chi connectivity index (χ1v) is 11.4. The van der Waals surface area contributed by atoms with Gasteiger partial charge < -0.3 is 5.11 Å². The average molecular weight is 403 g/mol. The number of carboxylic acid groups (broad SMARTS) is 1. The molecule has 4 aliphatic rings. The fourth-order valence-corrected chi connectivity index (χ4v) is 7.94. The number of fused-ring (bicyclic) bond motifs is 5. The van der Waals surface area contributed by atoms with Crippen LogP contribution in [0.2, 0.25) is 0 Å². The fraction of sp³-hybridized carbons (Fsp3) is 0.833. The summed E-state index contributed by atoms with van der Waals surface area (Å²) < 4.78 is 0. The number of aliphatic carboxylic acids is 1. The summed E-state index contributed by atoms with van der Waals surface area (Å²) in [5.41, 5.74) is -0.598. The number of Topliss-reactive ketones (excluding diaryl/α,β-unsaturated/α-hetero) is 3. The largest absolute Gasteiger partial charge is 0.481 e. The predicted molar refractivity (Wildman–Crippen MR) is 107 cm³/mol. The summed E-state index contributed by atoms with van der Waals surface area (Å²) in [6.07, 6.45) is 5.33. The Hall–Kier alpha value is -1.52. The first-order valence-electron chi connectivity index (χ1n) is 11.4. The highest BCUT2D eigenvalue weighted by molar-refractivity contribution is 5.93. The summed E-state index contributed by atoms with van der Waals surface area (Å²) >= 11 is 0. The van der Waals surface area contributed by atoms with Gasteiger partial charge in [-0.1, -0.05) is 20.8 Å². The van der Waals surface area contributed by atoms with Crippen molar-refractivity contribution < 1.29 is 24.3 Å². The van der Waals surface area contributed by atoms with E-state index in [1.54, 1.807) is 0 Å². The van der Waals surface area contributed by atoms with E-state index < -0.39 is 11.4 Å². The lowest BCUT2D eigenvalue weighted by atomic mass is 9.44. The Bertz CT molecular complexity index is 756. The lowest BCUT2D eigenvalue weighted by molar-refractivity contribution is -0.166. The van der Waals surface area contributed by atoms with E-state index in [-0.39, 0.29) is 64.7 Å². The Balaban J connectivity index is 1.63. The van der Waals surface area contributed by atoms with E-state index in [1.807, 2.05) is 0 Å². The normalized spacial score (nSPS) is 45.3. The van der Waals surface area contributed by atoms with Gasteiger partial charge in [0.1, 0.15) is 17.3 Å². The Morgan fingerprint density at radius 3 is 2.52 bits per heavy atom. The molecular weight excluding hydrogens is 368 g/mol. The van der Waals surface area contributed by atoms with Crippen molar-refractivity contribution in [3.63, 3.8) is 0 Å². The summed E-state index contributed by atoms with van der Waals surface area (Å²) in [6.45, 7) is 6.37. The molecule has 0 aromatic heterocycles. The van der Waals surface area contributed by atoms with Gasteiger partial charge in [0.25, 0.3) is 0 Å². The van der Waals surface area contributed by atoms with E-state index in [0.717, 1.165) is 19.3 Å². The zero-order chi connectivity index (χ0) is 21.1. The Morgan fingerprint density at radius 1 is 1.10 bits per heavy atom. The Kier molecular flexibility index (Phi) is 5.02. The number of carboxylic acids is 1. The summed E-state index contributed by atoms with van der Waals surface area (Å²) in [5.74, 6) is 0.524. The Labute approximate surface area is 173 Å². The predicted octanol–water partition coefficient (Wildman–Crippen LogP) is 4.07. The van der Waals surface area contributed by atoms with Crippen molar-refractivity contribution in [2.24, 2.45) is 46.3 Å². The number of hydrogen-bond donors (Lipinski definition) is 1. The molecule has 8 atom stereocenters. The van der Waals surface area contributed by atoms with E-state index in [9.17, 15) is 19.2 Å². The van der Waals surface area contributed by atoms with E-state index >= 15 is 0 Å².